The Labute approximate surface area is 152 Å². The summed E-state index contributed by atoms with van der Waals surface area (Å²) in [5.74, 6) is -2.59. The number of rotatable bonds is 9. The zero-order valence-electron chi connectivity index (χ0n) is 16.3. The van der Waals surface area contributed by atoms with Crippen LogP contribution in [0.25, 0.3) is 0 Å². The number of halogens is 3. The number of hydrogen-bond acceptors (Lipinski definition) is 4. The second-order valence-corrected chi connectivity index (χ2v) is 7.86. The number of nitrogens with zero attached hydrogens (tertiary/aromatic N) is 1. The van der Waals surface area contributed by atoms with Gasteiger partial charge < -0.3 is 5.32 Å². The van der Waals surface area contributed by atoms with Gasteiger partial charge in [-0.25, -0.2) is 5.06 Å². The number of nitrogens with one attached hydrogen (secondary N) is 1. The summed E-state index contributed by atoms with van der Waals surface area (Å²) in [5.41, 5.74) is -1.03. The van der Waals surface area contributed by atoms with E-state index >= 15 is 0 Å². The van der Waals surface area contributed by atoms with Gasteiger partial charge in [0.1, 0.15) is 6.04 Å². The molecule has 0 fully saturated rings. The molecule has 0 aliphatic heterocycles. The van der Waals surface area contributed by atoms with Crippen molar-refractivity contribution in [2.24, 2.45) is 11.8 Å². The summed E-state index contributed by atoms with van der Waals surface area (Å²) in [7, 11) is 0. The normalized spacial score (nSPS) is 13.9. The molecule has 26 heavy (non-hydrogen) atoms. The van der Waals surface area contributed by atoms with Crippen LogP contribution in [0.3, 0.4) is 0 Å². The Morgan fingerprint density at radius 1 is 1.08 bits per heavy atom. The summed E-state index contributed by atoms with van der Waals surface area (Å²) in [6.07, 6.45) is -6.46. The molecule has 1 N–H and O–H groups in total. The zero-order valence-corrected chi connectivity index (χ0v) is 16.3. The Hall–Kier alpha value is -1.64. The van der Waals surface area contributed by atoms with Gasteiger partial charge in [-0.05, 0) is 32.6 Å². The van der Waals surface area contributed by atoms with Crippen molar-refractivity contribution in [3.8, 4) is 0 Å². The topological polar surface area (TPSA) is 75.7 Å². The minimum atomic E-state index is -4.77. The lowest BCUT2D eigenvalue weighted by atomic mass is 9.93. The molecule has 0 aliphatic carbocycles. The van der Waals surface area contributed by atoms with Crippen LogP contribution in [-0.4, -0.2) is 47.0 Å². The van der Waals surface area contributed by atoms with Gasteiger partial charge in [-0.3, -0.25) is 19.2 Å². The molecule has 0 spiro atoms. The summed E-state index contributed by atoms with van der Waals surface area (Å²) in [6.45, 7) is 11.8. The van der Waals surface area contributed by atoms with Crippen molar-refractivity contribution in [1.29, 1.82) is 0 Å². The summed E-state index contributed by atoms with van der Waals surface area (Å²) in [6, 6.07) is -2.49. The maximum Gasteiger partial charge on any atom is 0.391 e. The fourth-order valence-corrected chi connectivity index (χ4v) is 2.47. The van der Waals surface area contributed by atoms with Gasteiger partial charge in [0.15, 0.2) is 0 Å². The predicted molar refractivity (Wildman–Crippen MR) is 89.8 cm³/mol. The molecule has 0 saturated heterocycles. The van der Waals surface area contributed by atoms with Gasteiger partial charge in [0.2, 0.25) is 12.2 Å². The highest BCUT2D eigenvalue weighted by Crippen LogP contribution is 2.26. The number of amides is 2. The monoisotopic (exact) mass is 382 g/mol. The molecule has 0 aromatic heterocycles. The van der Waals surface area contributed by atoms with Gasteiger partial charge in [0, 0.05) is 6.04 Å². The van der Waals surface area contributed by atoms with Crippen molar-refractivity contribution in [3.05, 3.63) is 0 Å². The van der Waals surface area contributed by atoms with Crippen LogP contribution in [0.1, 0.15) is 54.9 Å². The van der Waals surface area contributed by atoms with Crippen molar-refractivity contribution in [2.75, 3.05) is 0 Å². The van der Waals surface area contributed by atoms with Crippen molar-refractivity contribution >= 4 is 18.1 Å². The first-order chi connectivity index (χ1) is 11.6. The highest BCUT2D eigenvalue weighted by molar-refractivity contribution is 6.38. The summed E-state index contributed by atoms with van der Waals surface area (Å²) in [5, 5.41) is 2.74. The van der Waals surface area contributed by atoms with Gasteiger partial charge >= 0.3 is 6.18 Å². The van der Waals surface area contributed by atoms with Crippen molar-refractivity contribution < 1.29 is 32.4 Å². The van der Waals surface area contributed by atoms with Gasteiger partial charge in [-0.15, -0.1) is 0 Å². The molecule has 0 rings (SSSR count). The quantitative estimate of drug-likeness (QED) is 0.378. The van der Waals surface area contributed by atoms with Crippen molar-refractivity contribution in [2.45, 2.75) is 78.7 Å². The van der Waals surface area contributed by atoms with E-state index in [2.05, 4.69) is 5.32 Å². The Balaban J connectivity index is 5.56. The zero-order chi connectivity index (χ0) is 20.9. The lowest BCUT2D eigenvalue weighted by Crippen LogP contribution is -2.53. The third-order valence-corrected chi connectivity index (χ3v) is 3.48. The number of ketones is 1. The Morgan fingerprint density at radius 2 is 1.54 bits per heavy atom. The number of Topliss-reactive ketones (excluding diaryl/α,β-unsaturated/α-hetero) is 1. The van der Waals surface area contributed by atoms with E-state index in [1.165, 1.54) is 20.8 Å². The average molecular weight is 382 g/mol. The van der Waals surface area contributed by atoms with E-state index in [-0.39, 0.29) is 23.3 Å². The third kappa shape index (κ3) is 8.64. The first-order valence-electron chi connectivity index (χ1n) is 8.43. The maximum absolute atomic E-state index is 12.9. The third-order valence-electron chi connectivity index (χ3n) is 3.48. The average Bonchev–Trinajstić information content (AvgIpc) is 2.44. The summed E-state index contributed by atoms with van der Waals surface area (Å²) >= 11 is 0. The van der Waals surface area contributed by atoms with Crippen LogP contribution in [-0.2, 0) is 19.2 Å². The molecule has 152 valence electrons. The SMILES string of the molecule is CC(C)C(NC(=O)C(=O)[C@H](CC(F)(F)F)N(C=O)OC(C)(C)C)C(C)C. The highest BCUT2D eigenvalue weighted by Gasteiger charge is 2.43. The Bertz CT molecular complexity index is 491. The van der Waals surface area contributed by atoms with Crippen molar-refractivity contribution in [3.63, 3.8) is 0 Å². The van der Waals surface area contributed by atoms with Gasteiger partial charge in [0.05, 0.1) is 12.0 Å². The molecule has 0 aliphatic rings. The minimum Gasteiger partial charge on any atom is -0.346 e. The lowest BCUT2D eigenvalue weighted by molar-refractivity contribution is -0.244. The lowest BCUT2D eigenvalue weighted by Gasteiger charge is -2.33. The van der Waals surface area contributed by atoms with Crippen LogP contribution in [0, 0.1) is 11.8 Å². The number of carbonyl (C=O) groups excluding carboxylic acids is 3. The summed E-state index contributed by atoms with van der Waals surface area (Å²) in [4.78, 5) is 41.0. The molecular formula is C17H29F3N2O4. The highest BCUT2D eigenvalue weighted by atomic mass is 19.4. The standard InChI is InChI=1S/C17H29F3N2O4/c1-10(2)13(11(3)4)21-15(25)14(24)12(8-17(18,19)20)22(9-23)26-16(5,6)7/h9-13H,8H2,1-7H3,(H,21,25)/t12-/m0/s1. The number of carbonyl (C=O) groups is 3. The fourth-order valence-electron chi connectivity index (χ4n) is 2.47. The Morgan fingerprint density at radius 3 is 1.85 bits per heavy atom. The molecule has 6 nitrogen and oxygen atoms in total. The smallest absolute Gasteiger partial charge is 0.346 e. The van der Waals surface area contributed by atoms with Crippen molar-refractivity contribution in [1.82, 2.24) is 10.4 Å². The van der Waals surface area contributed by atoms with E-state index in [9.17, 15) is 27.6 Å². The molecule has 2 amide bonds. The Kier molecular flexibility index (Phi) is 8.75. The van der Waals surface area contributed by atoms with Crippen LogP contribution >= 0.6 is 0 Å². The van der Waals surface area contributed by atoms with E-state index in [0.717, 1.165) is 0 Å². The molecular weight excluding hydrogens is 353 g/mol. The van der Waals surface area contributed by atoms with Crippen LogP contribution in [0.15, 0.2) is 0 Å². The number of alkyl halides is 3. The van der Waals surface area contributed by atoms with E-state index < -0.39 is 42.0 Å². The van der Waals surface area contributed by atoms with Gasteiger partial charge in [-0.2, -0.15) is 13.2 Å². The fraction of sp³-hybridized carbons (Fsp3) is 0.824. The summed E-state index contributed by atoms with van der Waals surface area (Å²) < 4.78 is 38.7. The van der Waals surface area contributed by atoms with Crippen LogP contribution in [0.4, 0.5) is 13.2 Å². The maximum atomic E-state index is 12.9. The molecule has 0 saturated carbocycles. The van der Waals surface area contributed by atoms with Crippen LogP contribution < -0.4 is 5.32 Å². The molecule has 0 aromatic rings. The largest absolute Gasteiger partial charge is 0.391 e. The van der Waals surface area contributed by atoms with E-state index in [1.54, 1.807) is 0 Å². The predicted octanol–water partition coefficient (Wildman–Crippen LogP) is 2.86. The second kappa shape index (κ2) is 9.34. The first kappa shape index (κ1) is 24.4. The van der Waals surface area contributed by atoms with E-state index in [4.69, 9.17) is 4.84 Å². The molecule has 9 heteroatoms. The second-order valence-electron chi connectivity index (χ2n) is 7.86. The molecule has 1 atom stereocenters. The van der Waals surface area contributed by atoms with E-state index in [0.29, 0.717) is 0 Å². The van der Waals surface area contributed by atoms with Gasteiger partial charge in [0.25, 0.3) is 5.91 Å². The molecule has 0 unspecified atom stereocenters. The van der Waals surface area contributed by atoms with E-state index in [1.807, 2.05) is 27.7 Å². The first-order valence-corrected chi connectivity index (χ1v) is 8.43. The molecule has 0 aromatic carbocycles. The number of hydrogen-bond donors (Lipinski definition) is 1. The molecule has 0 heterocycles. The minimum absolute atomic E-state index is 0.0186. The molecule has 0 bridgehead atoms. The van der Waals surface area contributed by atoms with Crippen LogP contribution in [0.5, 0.6) is 0 Å². The van der Waals surface area contributed by atoms with Gasteiger partial charge in [-0.1, -0.05) is 27.7 Å². The molecule has 0 radical (unpaired) electrons. The van der Waals surface area contributed by atoms with Crippen LogP contribution in [0.2, 0.25) is 0 Å². The number of hydroxylamine groups is 2.